The van der Waals surface area contributed by atoms with Gasteiger partial charge in [0.15, 0.2) is 6.10 Å². The van der Waals surface area contributed by atoms with E-state index in [1.54, 1.807) is 0 Å². The molecule has 65 heavy (non-hydrogen) atoms. The number of esters is 3. The van der Waals surface area contributed by atoms with Crippen LogP contribution in [0.4, 0.5) is 0 Å². The van der Waals surface area contributed by atoms with Crippen molar-refractivity contribution in [3.05, 3.63) is 60.8 Å². The third-order valence-electron chi connectivity index (χ3n) is 12.0. The van der Waals surface area contributed by atoms with Gasteiger partial charge >= 0.3 is 17.9 Å². The maximum atomic E-state index is 12.8. The molecule has 376 valence electrons. The third kappa shape index (κ3) is 51.9. The average molecular weight is 909 g/mol. The lowest BCUT2D eigenvalue weighted by Gasteiger charge is -2.18. The lowest BCUT2D eigenvalue weighted by atomic mass is 10.1. The monoisotopic (exact) mass is 909 g/mol. The second kappa shape index (κ2) is 53.7. The Bertz CT molecular complexity index is 1180. The molecule has 0 spiro atoms. The van der Waals surface area contributed by atoms with E-state index in [2.05, 4.69) is 81.5 Å². The van der Waals surface area contributed by atoms with E-state index in [-0.39, 0.29) is 31.1 Å². The Kier molecular flexibility index (Phi) is 51.3. The molecule has 0 heterocycles. The molecule has 0 amide bonds. The molecular formula is C59H104O6. The molecule has 1 atom stereocenters. The van der Waals surface area contributed by atoms with Crippen molar-refractivity contribution in [1.82, 2.24) is 0 Å². The standard InChI is InChI=1S/C59H104O6/c1-4-7-10-13-16-19-22-25-28-29-32-34-37-40-43-46-49-52-58(61)64-55-56(65-59(62)53-50-47-44-41-38-35-31-27-24-21-18-15-12-9-6-3)54-63-57(60)51-48-45-42-39-36-33-30-26-23-20-17-14-11-8-5-2/h17-18,20-21,23-28,56H,4-16,19,22,29-55H2,1-3H3/b20-17-,21-18-,26-23-,27-24-,28-25-. The predicted molar refractivity (Wildman–Crippen MR) is 279 cm³/mol. The van der Waals surface area contributed by atoms with Crippen molar-refractivity contribution in [3.8, 4) is 0 Å². The van der Waals surface area contributed by atoms with Crippen molar-refractivity contribution >= 4 is 17.9 Å². The van der Waals surface area contributed by atoms with Gasteiger partial charge in [-0.15, -0.1) is 0 Å². The molecular weight excluding hydrogens is 805 g/mol. The first-order chi connectivity index (χ1) is 32.0. The van der Waals surface area contributed by atoms with Crippen molar-refractivity contribution in [1.29, 1.82) is 0 Å². The molecule has 0 aliphatic carbocycles. The highest BCUT2D eigenvalue weighted by molar-refractivity contribution is 5.71. The van der Waals surface area contributed by atoms with Gasteiger partial charge in [0.05, 0.1) is 0 Å². The van der Waals surface area contributed by atoms with Crippen LogP contribution in [0.25, 0.3) is 0 Å². The summed E-state index contributed by atoms with van der Waals surface area (Å²) in [7, 11) is 0. The summed E-state index contributed by atoms with van der Waals surface area (Å²) in [6.45, 7) is 6.57. The van der Waals surface area contributed by atoms with Gasteiger partial charge in [-0.25, -0.2) is 0 Å². The Labute approximate surface area is 402 Å². The van der Waals surface area contributed by atoms with Crippen LogP contribution in [0, 0.1) is 0 Å². The van der Waals surface area contributed by atoms with E-state index in [0.29, 0.717) is 19.3 Å². The fourth-order valence-corrected chi connectivity index (χ4v) is 7.77. The van der Waals surface area contributed by atoms with Gasteiger partial charge in [-0.1, -0.05) is 223 Å². The summed E-state index contributed by atoms with van der Waals surface area (Å²) in [4.78, 5) is 38.1. The van der Waals surface area contributed by atoms with Gasteiger partial charge in [-0.05, 0) is 96.3 Å². The van der Waals surface area contributed by atoms with E-state index in [4.69, 9.17) is 14.2 Å². The molecule has 0 radical (unpaired) electrons. The number of ether oxygens (including phenoxy) is 3. The number of hydrogen-bond acceptors (Lipinski definition) is 6. The van der Waals surface area contributed by atoms with E-state index >= 15 is 0 Å². The molecule has 0 aliphatic rings. The van der Waals surface area contributed by atoms with Gasteiger partial charge in [0.2, 0.25) is 0 Å². The predicted octanol–water partition coefficient (Wildman–Crippen LogP) is 18.4. The van der Waals surface area contributed by atoms with Crippen LogP contribution >= 0.6 is 0 Å². The SMILES string of the molecule is CCCCC/C=C\C=C/CCCCCCCCC(=O)OCC(COC(=O)CCCCCCCCC/C=C\CCCCCCCC)OC(=O)CCCCCCCC/C=C\C=C/CCCCC. The first kappa shape index (κ1) is 62.1. The first-order valence-corrected chi connectivity index (χ1v) is 27.8. The fourth-order valence-electron chi connectivity index (χ4n) is 7.77. The maximum Gasteiger partial charge on any atom is 0.306 e. The number of hydrogen-bond donors (Lipinski definition) is 0. The van der Waals surface area contributed by atoms with Gasteiger partial charge in [-0.2, -0.15) is 0 Å². The van der Waals surface area contributed by atoms with Gasteiger partial charge in [0.25, 0.3) is 0 Å². The van der Waals surface area contributed by atoms with Crippen LogP contribution in [0.5, 0.6) is 0 Å². The largest absolute Gasteiger partial charge is 0.462 e. The van der Waals surface area contributed by atoms with Crippen LogP contribution < -0.4 is 0 Å². The second-order valence-electron chi connectivity index (χ2n) is 18.5. The molecule has 0 fully saturated rings. The highest BCUT2D eigenvalue weighted by atomic mass is 16.6. The normalized spacial score (nSPS) is 12.5. The van der Waals surface area contributed by atoms with Gasteiger partial charge < -0.3 is 14.2 Å². The Balaban J connectivity index is 4.41. The van der Waals surface area contributed by atoms with Crippen molar-refractivity contribution in [2.75, 3.05) is 13.2 Å². The second-order valence-corrected chi connectivity index (χ2v) is 18.5. The Hall–Kier alpha value is -2.89. The van der Waals surface area contributed by atoms with E-state index < -0.39 is 6.10 Å². The van der Waals surface area contributed by atoms with Gasteiger partial charge in [0.1, 0.15) is 13.2 Å². The van der Waals surface area contributed by atoms with E-state index in [9.17, 15) is 14.4 Å². The molecule has 0 aromatic heterocycles. The van der Waals surface area contributed by atoms with Crippen LogP contribution in [-0.2, 0) is 28.6 Å². The first-order valence-electron chi connectivity index (χ1n) is 27.8. The summed E-state index contributed by atoms with van der Waals surface area (Å²) >= 11 is 0. The zero-order valence-electron chi connectivity index (χ0n) is 43.0. The van der Waals surface area contributed by atoms with E-state index in [1.807, 2.05) is 0 Å². The van der Waals surface area contributed by atoms with Crippen molar-refractivity contribution < 1.29 is 28.6 Å². The Morgan fingerprint density at radius 3 is 0.892 bits per heavy atom. The molecule has 0 N–H and O–H groups in total. The highest BCUT2D eigenvalue weighted by Gasteiger charge is 2.19. The molecule has 0 rings (SSSR count). The average Bonchev–Trinajstić information content (AvgIpc) is 3.30. The molecule has 6 heteroatoms. The van der Waals surface area contributed by atoms with Crippen LogP contribution in [-0.4, -0.2) is 37.2 Å². The van der Waals surface area contributed by atoms with Crippen molar-refractivity contribution in [2.45, 2.75) is 284 Å². The molecule has 1 unspecified atom stereocenters. The topological polar surface area (TPSA) is 78.9 Å². The van der Waals surface area contributed by atoms with Crippen LogP contribution in [0.2, 0.25) is 0 Å². The molecule has 0 bridgehead atoms. The van der Waals surface area contributed by atoms with Crippen molar-refractivity contribution in [3.63, 3.8) is 0 Å². The molecule has 6 nitrogen and oxygen atoms in total. The molecule has 0 saturated heterocycles. The summed E-state index contributed by atoms with van der Waals surface area (Å²) in [6, 6.07) is 0. The Morgan fingerprint density at radius 2 is 0.554 bits per heavy atom. The Morgan fingerprint density at radius 1 is 0.308 bits per heavy atom. The summed E-state index contributed by atoms with van der Waals surface area (Å²) in [5.41, 5.74) is 0. The number of allylic oxidation sites excluding steroid dienone is 10. The molecule has 0 aromatic carbocycles. The van der Waals surface area contributed by atoms with Crippen LogP contribution in [0.3, 0.4) is 0 Å². The quantitative estimate of drug-likeness (QED) is 0.0199. The summed E-state index contributed by atoms with van der Waals surface area (Å²) in [6.07, 6.45) is 66.2. The van der Waals surface area contributed by atoms with Crippen LogP contribution in [0.1, 0.15) is 278 Å². The minimum atomic E-state index is -0.786. The summed E-state index contributed by atoms with van der Waals surface area (Å²) in [5, 5.41) is 0. The zero-order valence-corrected chi connectivity index (χ0v) is 43.0. The fraction of sp³-hybridized carbons (Fsp3) is 0.780. The molecule has 0 aliphatic heterocycles. The maximum absolute atomic E-state index is 12.8. The van der Waals surface area contributed by atoms with E-state index in [0.717, 1.165) is 77.0 Å². The number of unbranched alkanes of at least 4 members (excludes halogenated alkanes) is 31. The summed E-state index contributed by atoms with van der Waals surface area (Å²) in [5.74, 6) is -0.904. The van der Waals surface area contributed by atoms with Crippen molar-refractivity contribution in [2.24, 2.45) is 0 Å². The van der Waals surface area contributed by atoms with E-state index in [1.165, 1.54) is 161 Å². The minimum Gasteiger partial charge on any atom is -0.462 e. The number of carbonyl (C=O) groups is 3. The number of rotatable bonds is 50. The van der Waals surface area contributed by atoms with Gasteiger partial charge in [0, 0.05) is 19.3 Å². The summed E-state index contributed by atoms with van der Waals surface area (Å²) < 4.78 is 16.8. The lowest BCUT2D eigenvalue weighted by molar-refractivity contribution is -0.167. The molecule has 0 aromatic rings. The lowest BCUT2D eigenvalue weighted by Crippen LogP contribution is -2.30. The minimum absolute atomic E-state index is 0.0845. The smallest absolute Gasteiger partial charge is 0.306 e. The van der Waals surface area contributed by atoms with Gasteiger partial charge in [-0.3, -0.25) is 14.4 Å². The molecule has 0 saturated carbocycles. The zero-order chi connectivity index (χ0) is 47.2. The highest BCUT2D eigenvalue weighted by Crippen LogP contribution is 2.15. The number of carbonyl (C=O) groups excluding carboxylic acids is 3. The van der Waals surface area contributed by atoms with Crippen LogP contribution in [0.15, 0.2) is 60.8 Å². The third-order valence-corrected chi connectivity index (χ3v) is 12.0.